The molecule has 1 N–H and O–H groups in total. The zero-order chi connectivity index (χ0) is 10.7. The predicted octanol–water partition coefficient (Wildman–Crippen LogP) is 4.81. The van der Waals surface area contributed by atoms with Crippen molar-refractivity contribution >= 4 is 52.1 Å². The van der Waals surface area contributed by atoms with Gasteiger partial charge in [-0.2, -0.15) is 0 Å². The van der Waals surface area contributed by atoms with Gasteiger partial charge in [-0.25, -0.2) is 0 Å². The third-order valence-electron chi connectivity index (χ3n) is 1.46. The van der Waals surface area contributed by atoms with E-state index in [9.17, 15) is 0 Å². The highest BCUT2D eigenvalue weighted by Crippen LogP contribution is 2.33. The first kappa shape index (κ1) is 12.0. The van der Waals surface area contributed by atoms with E-state index in [0.717, 1.165) is 0 Å². The van der Waals surface area contributed by atoms with Gasteiger partial charge in [-0.15, -0.1) is 0 Å². The van der Waals surface area contributed by atoms with Crippen molar-refractivity contribution in [2.45, 2.75) is 0 Å². The smallest absolute Gasteiger partial charge is 0.0722 e. The SMILES string of the molecule is C=C(Cl)CNc1c(Cl)cc(Cl)cc1Cl. The van der Waals surface area contributed by atoms with Crippen molar-refractivity contribution in [3.63, 3.8) is 0 Å². The molecular formula is C9H7Cl4N. The number of hydrogen-bond donors (Lipinski definition) is 1. The number of anilines is 1. The minimum atomic E-state index is 0.405. The van der Waals surface area contributed by atoms with Crippen molar-refractivity contribution in [3.8, 4) is 0 Å². The summed E-state index contributed by atoms with van der Waals surface area (Å²) in [5, 5.41) is 4.85. The first-order valence-corrected chi connectivity index (χ1v) is 5.23. The largest absolute Gasteiger partial charge is 0.378 e. The van der Waals surface area contributed by atoms with Crippen LogP contribution >= 0.6 is 46.4 Å². The zero-order valence-electron chi connectivity index (χ0n) is 7.08. The van der Waals surface area contributed by atoms with Crippen LogP contribution in [0.4, 0.5) is 5.69 Å². The summed E-state index contributed by atoms with van der Waals surface area (Å²) in [6, 6.07) is 3.21. The molecule has 76 valence electrons. The fraction of sp³-hybridized carbons (Fsp3) is 0.111. The highest BCUT2D eigenvalue weighted by molar-refractivity contribution is 6.41. The Hall–Kier alpha value is -0.0800. The number of hydrogen-bond acceptors (Lipinski definition) is 1. The lowest BCUT2D eigenvalue weighted by molar-refractivity contribution is 1.32. The summed E-state index contributed by atoms with van der Waals surface area (Å²) in [5.74, 6) is 0. The fourth-order valence-corrected chi connectivity index (χ4v) is 1.91. The van der Waals surface area contributed by atoms with Crippen molar-refractivity contribution in [2.75, 3.05) is 11.9 Å². The van der Waals surface area contributed by atoms with Crippen molar-refractivity contribution in [1.29, 1.82) is 0 Å². The van der Waals surface area contributed by atoms with Gasteiger partial charge >= 0.3 is 0 Å². The lowest BCUT2D eigenvalue weighted by atomic mass is 10.3. The van der Waals surface area contributed by atoms with E-state index in [4.69, 9.17) is 46.4 Å². The highest BCUT2D eigenvalue weighted by atomic mass is 35.5. The number of halogens is 4. The van der Waals surface area contributed by atoms with Gasteiger partial charge in [0.05, 0.1) is 22.3 Å². The molecule has 0 heterocycles. The predicted molar refractivity (Wildman–Crippen MR) is 65.0 cm³/mol. The lowest BCUT2D eigenvalue weighted by Crippen LogP contribution is -2.01. The standard InChI is InChI=1S/C9H7Cl4N/c1-5(10)4-14-9-7(12)2-6(11)3-8(9)13/h2-3,14H,1,4H2. The summed E-state index contributed by atoms with van der Waals surface area (Å²) in [5.41, 5.74) is 0.611. The molecule has 5 heteroatoms. The molecule has 0 fully saturated rings. The van der Waals surface area contributed by atoms with E-state index >= 15 is 0 Å². The second kappa shape index (κ2) is 5.13. The maximum atomic E-state index is 5.91. The average molecular weight is 271 g/mol. The normalized spacial score (nSPS) is 10.0. The van der Waals surface area contributed by atoms with Gasteiger partial charge in [-0.3, -0.25) is 0 Å². The molecule has 14 heavy (non-hydrogen) atoms. The van der Waals surface area contributed by atoms with E-state index in [0.29, 0.717) is 32.3 Å². The Bertz CT molecular complexity index is 339. The molecule has 0 aliphatic heterocycles. The van der Waals surface area contributed by atoms with Crippen molar-refractivity contribution in [3.05, 3.63) is 38.8 Å². The second-order valence-corrected chi connectivity index (χ2v) is 4.40. The molecule has 1 aromatic carbocycles. The highest BCUT2D eigenvalue weighted by Gasteiger charge is 2.06. The van der Waals surface area contributed by atoms with Crippen LogP contribution in [0.1, 0.15) is 0 Å². The molecule has 0 radical (unpaired) electrons. The number of nitrogens with one attached hydrogen (secondary N) is 1. The molecule has 1 nitrogen and oxygen atoms in total. The van der Waals surface area contributed by atoms with E-state index in [1.807, 2.05) is 0 Å². The molecule has 0 saturated carbocycles. The monoisotopic (exact) mass is 269 g/mol. The van der Waals surface area contributed by atoms with E-state index in [1.165, 1.54) is 0 Å². The van der Waals surface area contributed by atoms with E-state index < -0.39 is 0 Å². The zero-order valence-corrected chi connectivity index (χ0v) is 10.1. The van der Waals surface area contributed by atoms with Crippen LogP contribution in [0.25, 0.3) is 0 Å². The molecule has 0 spiro atoms. The Kier molecular flexibility index (Phi) is 4.39. The summed E-state index contributed by atoms with van der Waals surface area (Å²) < 4.78 is 0. The van der Waals surface area contributed by atoms with Crippen LogP contribution in [0.3, 0.4) is 0 Å². The topological polar surface area (TPSA) is 12.0 Å². The van der Waals surface area contributed by atoms with Crippen molar-refractivity contribution in [2.24, 2.45) is 0 Å². The molecule has 1 rings (SSSR count). The van der Waals surface area contributed by atoms with Gasteiger partial charge in [0.15, 0.2) is 0 Å². The molecule has 1 aromatic rings. The van der Waals surface area contributed by atoms with Crippen molar-refractivity contribution in [1.82, 2.24) is 0 Å². The maximum absolute atomic E-state index is 5.91. The molecule has 0 aliphatic carbocycles. The number of rotatable bonds is 3. The van der Waals surface area contributed by atoms with E-state index in [-0.39, 0.29) is 0 Å². The maximum Gasteiger partial charge on any atom is 0.0722 e. The molecule has 0 saturated heterocycles. The van der Waals surface area contributed by atoms with Gasteiger partial charge < -0.3 is 5.32 Å². The Labute approximate surface area is 103 Å². The molecule has 0 amide bonds. The first-order chi connectivity index (χ1) is 6.50. The van der Waals surface area contributed by atoms with E-state index in [2.05, 4.69) is 11.9 Å². The van der Waals surface area contributed by atoms with Crippen LogP contribution < -0.4 is 5.32 Å². The van der Waals surface area contributed by atoms with Gasteiger partial charge in [-0.05, 0) is 12.1 Å². The summed E-state index contributed by atoms with van der Waals surface area (Å²) in [6.07, 6.45) is 0. The van der Waals surface area contributed by atoms with Crippen LogP contribution in [0.15, 0.2) is 23.7 Å². The van der Waals surface area contributed by atoms with Crippen molar-refractivity contribution < 1.29 is 0 Å². The summed E-state index contributed by atoms with van der Waals surface area (Å²) in [4.78, 5) is 0. The lowest BCUT2D eigenvalue weighted by Gasteiger charge is -2.09. The molecular weight excluding hydrogens is 264 g/mol. The van der Waals surface area contributed by atoms with Gasteiger partial charge in [0.25, 0.3) is 0 Å². The Morgan fingerprint density at radius 1 is 1.21 bits per heavy atom. The van der Waals surface area contributed by atoms with Crippen LogP contribution in [-0.2, 0) is 0 Å². The second-order valence-electron chi connectivity index (χ2n) is 2.62. The third kappa shape index (κ3) is 3.25. The van der Waals surface area contributed by atoms with Gasteiger partial charge in [0.2, 0.25) is 0 Å². The Balaban J connectivity index is 2.91. The first-order valence-electron chi connectivity index (χ1n) is 3.72. The average Bonchev–Trinajstić information content (AvgIpc) is 2.01. The molecule has 0 aliphatic rings. The van der Waals surface area contributed by atoms with Crippen LogP contribution in [0, 0.1) is 0 Å². The molecule has 0 aromatic heterocycles. The van der Waals surface area contributed by atoms with Crippen LogP contribution in [-0.4, -0.2) is 6.54 Å². The van der Waals surface area contributed by atoms with E-state index in [1.54, 1.807) is 12.1 Å². The Morgan fingerprint density at radius 2 is 1.71 bits per heavy atom. The van der Waals surface area contributed by atoms with Gasteiger partial charge in [0, 0.05) is 10.1 Å². The Morgan fingerprint density at radius 3 is 2.14 bits per heavy atom. The minimum Gasteiger partial charge on any atom is -0.378 e. The summed E-state index contributed by atoms with van der Waals surface area (Å²) in [6.45, 7) is 3.94. The van der Waals surface area contributed by atoms with Crippen LogP contribution in [0.2, 0.25) is 15.1 Å². The summed E-state index contributed by atoms with van der Waals surface area (Å²) >= 11 is 23.2. The molecule has 0 bridgehead atoms. The quantitative estimate of drug-likeness (QED) is 0.831. The summed E-state index contributed by atoms with van der Waals surface area (Å²) in [7, 11) is 0. The molecule has 0 unspecified atom stereocenters. The molecule has 0 atom stereocenters. The fourth-order valence-electron chi connectivity index (χ4n) is 0.895. The van der Waals surface area contributed by atoms with Crippen LogP contribution in [0.5, 0.6) is 0 Å². The third-order valence-corrected chi connectivity index (χ3v) is 2.41. The van der Waals surface area contributed by atoms with Gasteiger partial charge in [-0.1, -0.05) is 53.0 Å². The number of benzene rings is 1. The van der Waals surface area contributed by atoms with Gasteiger partial charge in [0.1, 0.15) is 0 Å². The minimum absolute atomic E-state index is 0.405.